The summed E-state index contributed by atoms with van der Waals surface area (Å²) in [6.45, 7) is 12.0. The van der Waals surface area contributed by atoms with Gasteiger partial charge >= 0.3 is 0 Å². The minimum Gasteiger partial charge on any atom is -0.398 e. The second-order valence-corrected chi connectivity index (χ2v) is 3.79. The highest BCUT2D eigenvalue weighted by Crippen LogP contribution is 2.33. The summed E-state index contributed by atoms with van der Waals surface area (Å²) in [5.74, 6) is -2.97. The first-order valence-corrected chi connectivity index (χ1v) is 6.57. The molecule has 0 heterocycles. The van der Waals surface area contributed by atoms with E-state index < -0.39 is 5.92 Å². The maximum absolute atomic E-state index is 13.3. The van der Waals surface area contributed by atoms with E-state index in [0.29, 0.717) is 5.56 Å². The number of nitrogens with one attached hydrogen (secondary N) is 1. The van der Waals surface area contributed by atoms with Gasteiger partial charge in [0.2, 0.25) is 0 Å². The fourth-order valence-corrected chi connectivity index (χ4v) is 1.58. The number of anilines is 1. The van der Waals surface area contributed by atoms with Gasteiger partial charge in [0, 0.05) is 29.4 Å². The van der Waals surface area contributed by atoms with Crippen molar-refractivity contribution in [1.82, 2.24) is 0 Å². The molecule has 0 aromatic heterocycles. The second kappa shape index (κ2) is 8.62. The number of aryl methyl sites for hydroxylation is 1. The molecular formula is C15H26F2N2. The number of nitrogen functional groups attached to an aromatic ring is 1. The van der Waals surface area contributed by atoms with Gasteiger partial charge in [0.25, 0.3) is 5.92 Å². The molecule has 19 heavy (non-hydrogen) atoms. The smallest absolute Gasteiger partial charge is 0.271 e. The van der Waals surface area contributed by atoms with Crippen LogP contribution in [0, 0.1) is 12.3 Å². The molecule has 0 saturated heterocycles. The van der Waals surface area contributed by atoms with Crippen LogP contribution in [-0.2, 0) is 5.92 Å². The van der Waals surface area contributed by atoms with Crippen LogP contribution >= 0.6 is 0 Å². The minimum atomic E-state index is -2.97. The zero-order valence-corrected chi connectivity index (χ0v) is 13.0. The summed E-state index contributed by atoms with van der Waals surface area (Å²) in [6.07, 6.45) is 0. The van der Waals surface area contributed by atoms with Gasteiger partial charge in [0.05, 0.1) is 0 Å². The highest BCUT2D eigenvalue weighted by Gasteiger charge is 2.29. The van der Waals surface area contributed by atoms with Crippen LogP contribution in [0.4, 0.5) is 14.5 Å². The summed E-state index contributed by atoms with van der Waals surface area (Å²) < 4.78 is 26.6. The Morgan fingerprint density at radius 2 is 1.58 bits per heavy atom. The van der Waals surface area contributed by atoms with Crippen molar-refractivity contribution >= 4 is 11.4 Å². The highest BCUT2D eigenvalue weighted by atomic mass is 19.3. The van der Waals surface area contributed by atoms with Crippen LogP contribution in [0.3, 0.4) is 0 Å². The fraction of sp³-hybridized carbons (Fsp3) is 0.533. The number of alkyl halides is 2. The molecule has 0 atom stereocenters. The summed E-state index contributed by atoms with van der Waals surface area (Å²) in [5.41, 5.74) is 6.59. The van der Waals surface area contributed by atoms with Crippen molar-refractivity contribution in [3.05, 3.63) is 28.8 Å². The van der Waals surface area contributed by atoms with Gasteiger partial charge in [0.15, 0.2) is 0 Å². The van der Waals surface area contributed by atoms with Gasteiger partial charge in [-0.1, -0.05) is 27.7 Å². The van der Waals surface area contributed by atoms with Crippen LogP contribution in [0.15, 0.2) is 12.1 Å². The third-order valence-electron chi connectivity index (χ3n) is 2.16. The first kappa shape index (κ1) is 19.9. The lowest BCUT2D eigenvalue weighted by Gasteiger charge is -2.18. The van der Waals surface area contributed by atoms with Crippen LogP contribution in [0.2, 0.25) is 0 Å². The van der Waals surface area contributed by atoms with Crippen molar-refractivity contribution in [3.8, 4) is 0 Å². The first-order valence-electron chi connectivity index (χ1n) is 6.57. The Morgan fingerprint density at radius 1 is 1.16 bits per heavy atom. The second-order valence-electron chi connectivity index (χ2n) is 3.79. The van der Waals surface area contributed by atoms with Gasteiger partial charge in [-0.15, -0.1) is 0 Å². The van der Waals surface area contributed by atoms with E-state index in [0.717, 1.165) is 6.92 Å². The number of nitrogens with two attached hydrogens (primary N) is 1. The summed E-state index contributed by atoms with van der Waals surface area (Å²) in [4.78, 5) is 0. The molecule has 0 bridgehead atoms. The molecule has 1 aromatic rings. The van der Waals surface area contributed by atoms with Gasteiger partial charge in [-0.05, 0) is 31.5 Å². The highest BCUT2D eigenvalue weighted by molar-refractivity contribution is 6.02. The molecule has 1 aromatic carbocycles. The molecule has 0 saturated carbocycles. The van der Waals surface area contributed by atoms with E-state index in [4.69, 9.17) is 11.1 Å². The maximum atomic E-state index is 13.3. The molecule has 0 amide bonds. The third-order valence-corrected chi connectivity index (χ3v) is 2.16. The fourth-order valence-electron chi connectivity index (χ4n) is 1.58. The summed E-state index contributed by atoms with van der Waals surface area (Å²) in [7, 11) is 0. The van der Waals surface area contributed by atoms with Gasteiger partial charge in [-0.3, -0.25) is 0 Å². The largest absolute Gasteiger partial charge is 0.398 e. The molecule has 0 aliphatic rings. The number of hydrogen-bond donors (Lipinski definition) is 2. The topological polar surface area (TPSA) is 49.9 Å². The van der Waals surface area contributed by atoms with Crippen molar-refractivity contribution in [2.45, 2.75) is 54.4 Å². The monoisotopic (exact) mass is 272 g/mol. The Bertz CT molecular complexity index is 407. The van der Waals surface area contributed by atoms with Gasteiger partial charge in [0.1, 0.15) is 0 Å². The molecule has 0 fully saturated rings. The average molecular weight is 272 g/mol. The average Bonchev–Trinajstić information content (AvgIpc) is 2.31. The normalized spacial score (nSPS) is 9.74. The molecule has 0 unspecified atom stereocenters. The van der Waals surface area contributed by atoms with Crippen LogP contribution in [0.5, 0.6) is 0 Å². The standard InChI is InChI=1S/C11H14F2N2.2C2H6/c1-6-4-8(11(3,12)13)10(7(2)14)9(15)5-6;2*1-2/h4-5,14H,15H2,1-3H3;2*1-2H3. The number of hydrogen-bond acceptors (Lipinski definition) is 2. The Balaban J connectivity index is 0. The molecular weight excluding hydrogens is 246 g/mol. The van der Waals surface area contributed by atoms with Crippen molar-refractivity contribution in [3.63, 3.8) is 0 Å². The molecule has 0 radical (unpaired) electrons. The zero-order chi connectivity index (χ0) is 15.8. The van der Waals surface area contributed by atoms with Crippen LogP contribution < -0.4 is 5.73 Å². The predicted molar refractivity (Wildman–Crippen MR) is 80.4 cm³/mol. The van der Waals surface area contributed by atoms with Crippen molar-refractivity contribution in [2.75, 3.05) is 5.73 Å². The Kier molecular flexibility index (Phi) is 9.02. The molecule has 1 rings (SSSR count). The van der Waals surface area contributed by atoms with E-state index in [1.807, 2.05) is 27.7 Å². The summed E-state index contributed by atoms with van der Waals surface area (Å²) in [6, 6.07) is 2.98. The summed E-state index contributed by atoms with van der Waals surface area (Å²) in [5, 5.41) is 7.45. The van der Waals surface area contributed by atoms with Crippen molar-refractivity contribution in [1.29, 1.82) is 5.41 Å². The zero-order valence-electron chi connectivity index (χ0n) is 13.0. The predicted octanol–water partition coefficient (Wildman–Crippen LogP) is 5.13. The number of halogens is 2. The van der Waals surface area contributed by atoms with E-state index >= 15 is 0 Å². The molecule has 0 spiro atoms. The molecule has 0 aliphatic carbocycles. The van der Waals surface area contributed by atoms with Gasteiger partial charge in [-0.25, -0.2) is 8.78 Å². The van der Waals surface area contributed by atoms with Crippen molar-refractivity contribution < 1.29 is 8.78 Å². The number of benzene rings is 1. The first-order chi connectivity index (χ1) is 8.73. The van der Waals surface area contributed by atoms with Crippen LogP contribution in [0.1, 0.15) is 58.2 Å². The molecule has 4 heteroatoms. The Labute approximate surface area is 115 Å². The van der Waals surface area contributed by atoms with Crippen LogP contribution in [-0.4, -0.2) is 5.71 Å². The Morgan fingerprint density at radius 3 is 1.89 bits per heavy atom. The molecule has 110 valence electrons. The van der Waals surface area contributed by atoms with Crippen molar-refractivity contribution in [2.24, 2.45) is 0 Å². The van der Waals surface area contributed by atoms with E-state index in [2.05, 4.69) is 0 Å². The van der Waals surface area contributed by atoms with Gasteiger partial charge < -0.3 is 11.1 Å². The lowest BCUT2D eigenvalue weighted by Crippen LogP contribution is -2.15. The van der Waals surface area contributed by atoms with E-state index in [-0.39, 0.29) is 22.5 Å². The lowest BCUT2D eigenvalue weighted by atomic mass is 9.95. The third kappa shape index (κ3) is 5.81. The van der Waals surface area contributed by atoms with E-state index in [1.165, 1.54) is 13.0 Å². The van der Waals surface area contributed by atoms with Crippen LogP contribution in [0.25, 0.3) is 0 Å². The Hall–Kier alpha value is -1.45. The SMILES string of the molecule is CC.CC.CC(=N)c1c(N)cc(C)cc1C(C)(F)F. The number of rotatable bonds is 2. The molecule has 3 N–H and O–H groups in total. The van der Waals surface area contributed by atoms with E-state index in [9.17, 15) is 8.78 Å². The summed E-state index contributed by atoms with van der Waals surface area (Å²) >= 11 is 0. The molecule has 0 aliphatic heterocycles. The van der Waals surface area contributed by atoms with Gasteiger partial charge in [-0.2, -0.15) is 0 Å². The lowest BCUT2D eigenvalue weighted by molar-refractivity contribution is 0.0173. The maximum Gasteiger partial charge on any atom is 0.271 e. The minimum absolute atomic E-state index is 0.0593. The quantitative estimate of drug-likeness (QED) is 0.569. The van der Waals surface area contributed by atoms with E-state index in [1.54, 1.807) is 13.0 Å². The molecule has 2 nitrogen and oxygen atoms in total.